The molecule has 1 heterocycles. The molecule has 0 amide bonds. The van der Waals surface area contributed by atoms with Gasteiger partial charge in [0.05, 0.1) is 11.4 Å². The number of nitrogens with zero attached hydrogens (tertiary/aromatic N) is 2. The predicted octanol–water partition coefficient (Wildman–Crippen LogP) is 5.29. The van der Waals surface area contributed by atoms with Gasteiger partial charge in [0.25, 0.3) is 0 Å². The molecular weight excluding hydrogens is 368 g/mol. The van der Waals surface area contributed by atoms with Gasteiger partial charge in [0, 0.05) is 10.6 Å². The smallest absolute Gasteiger partial charge is 0.184 e. The SMILES string of the molecule is O=C(CSc1nn(-c2ccccc2)c(=S)s1)c1ccc(Cl)cc1. The topological polar surface area (TPSA) is 34.9 Å². The van der Waals surface area contributed by atoms with Gasteiger partial charge in [-0.2, -0.15) is 0 Å². The summed E-state index contributed by atoms with van der Waals surface area (Å²) in [5, 5.41) is 5.10. The van der Waals surface area contributed by atoms with Crippen molar-refractivity contribution in [1.29, 1.82) is 0 Å². The first-order valence-corrected chi connectivity index (χ1v) is 9.29. The van der Waals surface area contributed by atoms with E-state index in [4.69, 9.17) is 23.8 Å². The van der Waals surface area contributed by atoms with Crippen LogP contribution in [0.3, 0.4) is 0 Å². The van der Waals surface area contributed by atoms with E-state index in [1.807, 2.05) is 30.3 Å². The lowest BCUT2D eigenvalue weighted by atomic mass is 10.1. The highest BCUT2D eigenvalue weighted by Crippen LogP contribution is 2.25. The van der Waals surface area contributed by atoms with Crippen LogP contribution in [0.2, 0.25) is 5.02 Å². The summed E-state index contributed by atoms with van der Waals surface area (Å²) >= 11 is 14.0. The van der Waals surface area contributed by atoms with Gasteiger partial charge < -0.3 is 0 Å². The van der Waals surface area contributed by atoms with Crippen LogP contribution in [0.15, 0.2) is 58.9 Å². The third-order valence-corrected chi connectivity index (χ3v) is 5.64. The second kappa shape index (κ2) is 7.40. The molecule has 0 atom stereocenters. The van der Waals surface area contributed by atoms with Gasteiger partial charge in [-0.3, -0.25) is 4.79 Å². The predicted molar refractivity (Wildman–Crippen MR) is 98.8 cm³/mol. The normalized spacial score (nSPS) is 10.7. The molecule has 0 spiro atoms. The fourth-order valence-electron chi connectivity index (χ4n) is 1.90. The maximum atomic E-state index is 12.2. The first-order valence-electron chi connectivity index (χ1n) is 6.70. The van der Waals surface area contributed by atoms with Crippen molar-refractivity contribution in [2.75, 3.05) is 5.75 Å². The summed E-state index contributed by atoms with van der Waals surface area (Å²) in [6, 6.07) is 16.6. The zero-order valence-corrected chi connectivity index (χ0v) is 15.0. The Kier molecular flexibility index (Phi) is 5.27. The highest BCUT2D eigenvalue weighted by atomic mass is 35.5. The van der Waals surface area contributed by atoms with E-state index in [0.29, 0.717) is 20.3 Å². The molecule has 1 aromatic heterocycles. The Morgan fingerprint density at radius 3 is 2.57 bits per heavy atom. The number of carbonyl (C=O) groups excluding carboxylic acids is 1. The molecule has 0 fully saturated rings. The van der Waals surface area contributed by atoms with Crippen LogP contribution in [0.25, 0.3) is 5.69 Å². The van der Waals surface area contributed by atoms with E-state index < -0.39 is 0 Å². The molecule has 3 nitrogen and oxygen atoms in total. The molecule has 2 aromatic carbocycles. The van der Waals surface area contributed by atoms with Gasteiger partial charge in [-0.15, -0.1) is 5.10 Å². The summed E-state index contributed by atoms with van der Waals surface area (Å²) < 4.78 is 3.16. The van der Waals surface area contributed by atoms with Crippen LogP contribution >= 0.6 is 46.9 Å². The highest BCUT2D eigenvalue weighted by Gasteiger charge is 2.10. The molecule has 3 rings (SSSR count). The second-order valence-electron chi connectivity index (χ2n) is 4.60. The van der Waals surface area contributed by atoms with Crippen LogP contribution in [-0.4, -0.2) is 21.3 Å². The molecule has 0 saturated carbocycles. The Hall–Kier alpha value is -1.47. The Bertz CT molecular complexity index is 872. The summed E-state index contributed by atoms with van der Waals surface area (Å²) in [5.74, 6) is 0.359. The average molecular weight is 379 g/mol. The molecule has 0 aliphatic carbocycles. The van der Waals surface area contributed by atoms with Crippen molar-refractivity contribution in [2.45, 2.75) is 4.34 Å². The third kappa shape index (κ3) is 4.09. The van der Waals surface area contributed by atoms with Crippen molar-refractivity contribution < 1.29 is 4.79 Å². The van der Waals surface area contributed by atoms with E-state index in [1.54, 1.807) is 28.9 Å². The first-order chi connectivity index (χ1) is 11.1. The number of aromatic nitrogens is 2. The summed E-state index contributed by atoms with van der Waals surface area (Å²) in [7, 11) is 0. The molecule has 0 unspecified atom stereocenters. The maximum Gasteiger partial charge on any atom is 0.184 e. The van der Waals surface area contributed by atoms with E-state index in [0.717, 1.165) is 10.0 Å². The van der Waals surface area contributed by atoms with E-state index in [1.165, 1.54) is 23.1 Å². The standard InChI is InChI=1S/C16H11ClN2OS3/c17-12-8-6-11(7-9-12)14(20)10-22-15-18-19(16(21)23-15)13-4-2-1-3-5-13/h1-9H,10H2. The number of hydrogen-bond acceptors (Lipinski definition) is 5. The summed E-state index contributed by atoms with van der Waals surface area (Å²) in [6.07, 6.45) is 0. The van der Waals surface area contributed by atoms with E-state index in [2.05, 4.69) is 5.10 Å². The zero-order valence-electron chi connectivity index (χ0n) is 11.8. The molecule has 0 aliphatic heterocycles. The van der Waals surface area contributed by atoms with Crippen LogP contribution in [0.5, 0.6) is 0 Å². The molecule has 7 heteroatoms. The minimum atomic E-state index is 0.0408. The van der Waals surface area contributed by atoms with E-state index in [9.17, 15) is 4.79 Å². The van der Waals surface area contributed by atoms with Gasteiger partial charge in [0.15, 0.2) is 14.1 Å². The van der Waals surface area contributed by atoms with Crippen LogP contribution < -0.4 is 0 Å². The summed E-state index contributed by atoms with van der Waals surface area (Å²) in [4.78, 5) is 12.2. The zero-order chi connectivity index (χ0) is 16.2. The molecule has 0 aliphatic rings. The van der Waals surface area contributed by atoms with Crippen molar-refractivity contribution in [3.8, 4) is 5.69 Å². The number of benzene rings is 2. The number of para-hydroxylation sites is 1. The van der Waals surface area contributed by atoms with Crippen molar-refractivity contribution >= 4 is 52.7 Å². The Morgan fingerprint density at radius 2 is 1.87 bits per heavy atom. The summed E-state index contributed by atoms with van der Waals surface area (Å²) in [6.45, 7) is 0. The molecule has 3 aromatic rings. The van der Waals surface area contributed by atoms with Crippen LogP contribution in [0.4, 0.5) is 0 Å². The Morgan fingerprint density at radius 1 is 1.17 bits per heavy atom. The van der Waals surface area contributed by atoms with Gasteiger partial charge in [0.1, 0.15) is 0 Å². The molecular formula is C16H11ClN2OS3. The largest absolute Gasteiger partial charge is 0.293 e. The van der Waals surface area contributed by atoms with Gasteiger partial charge in [-0.25, -0.2) is 4.68 Å². The molecule has 23 heavy (non-hydrogen) atoms. The lowest BCUT2D eigenvalue weighted by molar-refractivity contribution is 0.102. The fourth-order valence-corrected chi connectivity index (χ4v) is 4.28. The molecule has 116 valence electrons. The monoisotopic (exact) mass is 378 g/mol. The number of ketones is 1. The van der Waals surface area contributed by atoms with Gasteiger partial charge >= 0.3 is 0 Å². The van der Waals surface area contributed by atoms with Crippen LogP contribution in [0, 0.1) is 3.95 Å². The van der Waals surface area contributed by atoms with Crippen LogP contribution in [-0.2, 0) is 0 Å². The quantitative estimate of drug-likeness (QED) is 0.343. The van der Waals surface area contributed by atoms with Crippen molar-refractivity contribution in [3.05, 3.63) is 69.1 Å². The minimum Gasteiger partial charge on any atom is -0.293 e. The highest BCUT2D eigenvalue weighted by molar-refractivity contribution is 8.01. The van der Waals surface area contributed by atoms with E-state index >= 15 is 0 Å². The third-order valence-electron chi connectivity index (χ3n) is 3.02. The average Bonchev–Trinajstić information content (AvgIpc) is 2.95. The van der Waals surface area contributed by atoms with Crippen molar-refractivity contribution in [1.82, 2.24) is 9.78 Å². The van der Waals surface area contributed by atoms with Gasteiger partial charge in [-0.05, 0) is 48.6 Å². The molecule has 0 bridgehead atoms. The Balaban J connectivity index is 1.71. The minimum absolute atomic E-state index is 0.0408. The number of rotatable bonds is 5. The van der Waals surface area contributed by atoms with Crippen LogP contribution in [0.1, 0.15) is 10.4 Å². The van der Waals surface area contributed by atoms with Crippen molar-refractivity contribution in [2.24, 2.45) is 0 Å². The van der Waals surface area contributed by atoms with Gasteiger partial charge in [0.2, 0.25) is 0 Å². The molecule has 0 N–H and O–H groups in total. The number of Topliss-reactive ketones (excluding diaryl/α,β-unsaturated/α-hetero) is 1. The second-order valence-corrected chi connectivity index (χ2v) is 7.88. The molecule has 0 radical (unpaired) electrons. The van der Waals surface area contributed by atoms with Crippen molar-refractivity contribution in [3.63, 3.8) is 0 Å². The number of halogens is 1. The van der Waals surface area contributed by atoms with E-state index in [-0.39, 0.29) is 5.78 Å². The lowest BCUT2D eigenvalue weighted by Gasteiger charge is -2.00. The fraction of sp³-hybridized carbons (Fsp3) is 0.0625. The molecule has 0 saturated heterocycles. The number of hydrogen-bond donors (Lipinski definition) is 0. The Labute approximate surface area is 151 Å². The maximum absolute atomic E-state index is 12.2. The van der Waals surface area contributed by atoms with Gasteiger partial charge in [-0.1, -0.05) is 52.9 Å². The summed E-state index contributed by atoms with van der Waals surface area (Å²) in [5.41, 5.74) is 1.57. The first kappa shape index (κ1) is 16.4. The number of thioether (sulfide) groups is 1. The number of carbonyl (C=O) groups is 1. The lowest BCUT2D eigenvalue weighted by Crippen LogP contribution is -2.02.